The topological polar surface area (TPSA) is 214 Å². The number of sulfone groups is 2. The number of nitrogens with two attached hydrogens (primary N) is 1. The van der Waals surface area contributed by atoms with Gasteiger partial charge < -0.3 is 26.2 Å². The molecule has 2 aromatic heterocycles. The Balaban J connectivity index is 2.11. The summed E-state index contributed by atoms with van der Waals surface area (Å²) in [6.07, 6.45) is 0.280. The van der Waals surface area contributed by atoms with Crippen molar-refractivity contribution in [3.05, 3.63) is 55.8 Å². The number of amides is 2. The molecular weight excluding hydrogens is 665 g/mol. The number of carbonyl (C=O) groups excluding carboxylic acids is 2. The monoisotopic (exact) mass is 687 g/mol. The molecule has 12 nitrogen and oxygen atoms in total. The van der Waals surface area contributed by atoms with Crippen LogP contribution in [-0.2, 0) is 19.7 Å². The van der Waals surface area contributed by atoms with E-state index in [1.807, 2.05) is 0 Å². The van der Waals surface area contributed by atoms with E-state index in [-0.39, 0.29) is 43.4 Å². The van der Waals surface area contributed by atoms with Crippen LogP contribution >= 0.6 is 34.5 Å². The maximum absolute atomic E-state index is 13.6. The van der Waals surface area contributed by atoms with Gasteiger partial charge in [0.05, 0.1) is 37.6 Å². The Bertz CT molecular complexity index is 2050. The molecule has 0 aliphatic carbocycles. The number of phenols is 1. The Morgan fingerprint density at radius 2 is 1.70 bits per heavy atom. The molecule has 0 radical (unpaired) electrons. The molecule has 0 saturated heterocycles. The molecule has 0 unspecified atom stereocenters. The Labute approximate surface area is 259 Å². The molecule has 43 heavy (non-hydrogen) atoms. The fourth-order valence-electron chi connectivity index (χ4n) is 4.43. The minimum atomic E-state index is -4.31. The number of carbonyl (C=O) groups is 3. The quantitative estimate of drug-likeness (QED) is 0.143. The van der Waals surface area contributed by atoms with Crippen LogP contribution in [0.4, 0.5) is 5.69 Å². The lowest BCUT2D eigenvalue weighted by molar-refractivity contribution is 0.0691. The van der Waals surface area contributed by atoms with E-state index in [0.717, 1.165) is 6.07 Å². The van der Waals surface area contributed by atoms with Gasteiger partial charge in [-0.2, -0.15) is 0 Å². The summed E-state index contributed by atoms with van der Waals surface area (Å²) in [5.41, 5.74) is 3.01. The van der Waals surface area contributed by atoms with Gasteiger partial charge in [-0.25, -0.2) is 21.6 Å². The number of aromatic nitrogens is 1. The molecule has 0 atom stereocenters. The highest BCUT2D eigenvalue weighted by Gasteiger charge is 2.34. The van der Waals surface area contributed by atoms with Gasteiger partial charge in [0.25, 0.3) is 11.8 Å². The third kappa shape index (κ3) is 5.82. The van der Waals surface area contributed by atoms with Gasteiger partial charge in [0.15, 0.2) is 25.4 Å². The first-order valence-electron chi connectivity index (χ1n) is 12.3. The number of halogens is 2. The Kier molecular flexibility index (Phi) is 8.86. The molecule has 2 aromatic carbocycles. The molecule has 228 valence electrons. The molecule has 0 aliphatic rings. The molecule has 0 bridgehead atoms. The van der Waals surface area contributed by atoms with Gasteiger partial charge >= 0.3 is 5.97 Å². The van der Waals surface area contributed by atoms with Crippen LogP contribution in [0.15, 0.2) is 39.4 Å². The Hall–Kier alpha value is -3.63. The van der Waals surface area contributed by atoms with Gasteiger partial charge in [-0.3, -0.25) is 9.59 Å². The summed E-state index contributed by atoms with van der Waals surface area (Å²) >= 11 is 13.1. The Morgan fingerprint density at radius 1 is 1.02 bits per heavy atom. The lowest BCUT2D eigenvalue weighted by Crippen LogP contribution is -2.19. The number of fused-ring (bicyclic) bond motifs is 1. The number of aromatic hydroxyl groups is 1. The van der Waals surface area contributed by atoms with Gasteiger partial charge in [-0.1, -0.05) is 37.0 Å². The number of aromatic amines is 1. The minimum absolute atomic E-state index is 0.112. The summed E-state index contributed by atoms with van der Waals surface area (Å²) in [6.45, 7) is 2.94. The molecule has 4 rings (SSSR count). The smallest absolute Gasteiger partial charge is 0.352 e. The summed E-state index contributed by atoms with van der Waals surface area (Å²) in [6, 6.07) is 5.05. The van der Waals surface area contributed by atoms with Crippen LogP contribution in [0.1, 0.15) is 50.8 Å². The maximum atomic E-state index is 13.6. The van der Waals surface area contributed by atoms with E-state index in [4.69, 9.17) is 28.9 Å². The molecule has 2 heterocycles. The molecule has 4 aromatic rings. The highest BCUT2D eigenvalue weighted by molar-refractivity contribution is 7.92. The molecule has 6 N–H and O–H groups in total. The number of rotatable bonds is 10. The zero-order valence-electron chi connectivity index (χ0n) is 22.3. The number of carboxylic acids is 1. The van der Waals surface area contributed by atoms with Crippen molar-refractivity contribution in [3.63, 3.8) is 0 Å². The summed E-state index contributed by atoms with van der Waals surface area (Å²) in [4.78, 5) is 39.7. The number of primary amides is 1. The zero-order valence-corrected chi connectivity index (χ0v) is 26.3. The molecule has 0 aliphatic heterocycles. The van der Waals surface area contributed by atoms with Crippen LogP contribution in [-0.4, -0.2) is 61.3 Å². The normalized spacial score (nSPS) is 12.0. The van der Waals surface area contributed by atoms with Crippen molar-refractivity contribution in [1.82, 2.24) is 4.98 Å². The average Bonchev–Trinajstić information content (AvgIpc) is 3.50. The van der Waals surface area contributed by atoms with E-state index in [1.165, 1.54) is 30.5 Å². The second-order valence-electron chi connectivity index (χ2n) is 9.17. The third-order valence-corrected chi connectivity index (χ3v) is 12.1. The Morgan fingerprint density at radius 3 is 2.28 bits per heavy atom. The molecule has 0 spiro atoms. The molecule has 0 fully saturated rings. The highest BCUT2D eigenvalue weighted by Crippen LogP contribution is 2.47. The number of thiophene rings is 1. The first-order valence-corrected chi connectivity index (χ1v) is 17.3. The number of benzene rings is 2. The number of hydrogen-bond acceptors (Lipinski definition) is 9. The number of carboxylic acid groups (broad SMARTS) is 1. The van der Waals surface area contributed by atoms with Gasteiger partial charge in [0.1, 0.15) is 10.6 Å². The second-order valence-corrected chi connectivity index (χ2v) is 15.2. The zero-order chi connectivity index (χ0) is 32.0. The number of anilines is 1. The van der Waals surface area contributed by atoms with Crippen molar-refractivity contribution in [2.75, 3.05) is 16.8 Å². The number of aromatic carboxylic acids is 1. The van der Waals surface area contributed by atoms with Crippen molar-refractivity contribution in [2.45, 2.75) is 30.1 Å². The van der Waals surface area contributed by atoms with Gasteiger partial charge in [-0.15, -0.1) is 11.3 Å². The molecular formula is C26H23Cl2N3O9S3. The van der Waals surface area contributed by atoms with Crippen LogP contribution < -0.4 is 11.1 Å². The predicted molar refractivity (Wildman–Crippen MR) is 163 cm³/mol. The summed E-state index contributed by atoms with van der Waals surface area (Å²) in [5, 5.41) is 24.6. The van der Waals surface area contributed by atoms with Crippen molar-refractivity contribution in [1.29, 1.82) is 0 Å². The SMILES string of the molecule is CCCS(=O)(=O)c1csc(C(=O)Nc2c(O)c(C(N)=O)cc(S(=O)(=O)CC)c2-c2c(C(=O)O)[nH]c3ccc(Cl)cc23)c1Cl. The highest BCUT2D eigenvalue weighted by atomic mass is 35.5. The maximum Gasteiger partial charge on any atom is 0.352 e. The van der Waals surface area contributed by atoms with Crippen molar-refractivity contribution >= 4 is 88.6 Å². The van der Waals surface area contributed by atoms with Crippen LogP contribution in [0.2, 0.25) is 10.0 Å². The van der Waals surface area contributed by atoms with Crippen LogP contribution in [0.25, 0.3) is 22.0 Å². The van der Waals surface area contributed by atoms with E-state index in [2.05, 4.69) is 10.3 Å². The van der Waals surface area contributed by atoms with Gasteiger partial charge in [-0.05, 0) is 30.7 Å². The average molecular weight is 689 g/mol. The first kappa shape index (κ1) is 32.3. The van der Waals surface area contributed by atoms with E-state index in [0.29, 0.717) is 11.3 Å². The van der Waals surface area contributed by atoms with E-state index < -0.39 is 81.4 Å². The van der Waals surface area contributed by atoms with Gasteiger partial charge in [0.2, 0.25) is 0 Å². The van der Waals surface area contributed by atoms with E-state index in [9.17, 15) is 41.4 Å². The fourth-order valence-corrected chi connectivity index (χ4v) is 9.06. The summed E-state index contributed by atoms with van der Waals surface area (Å²) in [7, 11) is -8.16. The van der Waals surface area contributed by atoms with Crippen molar-refractivity contribution < 1.29 is 41.4 Å². The van der Waals surface area contributed by atoms with Crippen LogP contribution in [0.5, 0.6) is 5.75 Å². The number of hydrogen-bond donors (Lipinski definition) is 5. The summed E-state index contributed by atoms with van der Waals surface area (Å²) in [5.74, 6) is -5.60. The largest absolute Gasteiger partial charge is 0.505 e. The summed E-state index contributed by atoms with van der Waals surface area (Å²) < 4.78 is 52.1. The lowest BCUT2D eigenvalue weighted by atomic mass is 9.96. The van der Waals surface area contributed by atoms with E-state index in [1.54, 1.807) is 6.92 Å². The third-order valence-electron chi connectivity index (χ3n) is 6.42. The molecule has 2 amide bonds. The van der Waals surface area contributed by atoms with Crippen LogP contribution in [0, 0.1) is 0 Å². The first-order chi connectivity index (χ1) is 20.0. The lowest BCUT2D eigenvalue weighted by Gasteiger charge is -2.19. The number of H-pyrrole nitrogens is 1. The molecule has 17 heteroatoms. The predicted octanol–water partition coefficient (Wildman–Crippen LogP) is 4.94. The standard InChI is InChI=1S/C26H23Cl2N3O9S3/c1-3-7-43(39,40)16-10-41-23(19(16)28)25(34)31-20-18(15(42(37,38)4-2)9-13(22(20)32)24(29)33)17-12-8-11(27)5-6-14(12)30-21(17)26(35)36/h5-6,8-10,30,32H,3-4,7H2,1-2H3,(H2,29,33)(H,31,34)(H,35,36). The van der Waals surface area contributed by atoms with Crippen molar-refractivity contribution in [3.8, 4) is 16.9 Å². The fraction of sp³-hybridized carbons (Fsp3) is 0.192. The van der Waals surface area contributed by atoms with Crippen molar-refractivity contribution in [2.24, 2.45) is 5.73 Å². The molecule has 0 saturated carbocycles. The van der Waals surface area contributed by atoms with E-state index >= 15 is 0 Å². The van der Waals surface area contributed by atoms with Gasteiger partial charge in [0, 0.05) is 32.4 Å². The second kappa shape index (κ2) is 11.8. The minimum Gasteiger partial charge on any atom is -0.505 e. The van der Waals surface area contributed by atoms with Crippen LogP contribution in [0.3, 0.4) is 0 Å². The number of nitrogens with one attached hydrogen (secondary N) is 2.